The van der Waals surface area contributed by atoms with Crippen molar-refractivity contribution in [1.82, 2.24) is 9.62 Å². The Balaban J connectivity index is 2.41. The number of sulfonamides is 1. The summed E-state index contributed by atoms with van der Waals surface area (Å²) in [7, 11) is -2.34. The van der Waals surface area contributed by atoms with Gasteiger partial charge in [-0.3, -0.25) is 5.32 Å². The van der Waals surface area contributed by atoms with Gasteiger partial charge in [0.05, 0.1) is 15.7 Å². The fraction of sp³-hybridized carbons (Fsp3) is 0.571. The molecule has 1 aromatic heterocycles. The average molecular weight is 394 g/mol. The first-order valence-electron chi connectivity index (χ1n) is 7.14. The van der Waals surface area contributed by atoms with Crippen LogP contribution in [0.1, 0.15) is 32.6 Å². The van der Waals surface area contributed by atoms with Crippen LogP contribution in [0.2, 0.25) is 5.02 Å². The standard InChI is InChI=1S/C14H20ClN3O4S2/c1-13(2,3)22-12(19)16-11-17-14(4,8-24(20,21)18(11)5)10-9(15)6-7-23-10/h6-7H,8H2,1-5H3,(H,16,17,19). The number of ether oxygens (including phenoxy) is 1. The molecule has 1 unspecified atom stereocenters. The number of amides is 1. The number of hydrogen-bond donors (Lipinski definition) is 1. The first kappa shape index (κ1) is 19.0. The summed E-state index contributed by atoms with van der Waals surface area (Å²) in [6.45, 7) is 6.81. The first-order chi connectivity index (χ1) is 10.8. The number of nitrogens with one attached hydrogen (secondary N) is 1. The Morgan fingerprint density at radius 2 is 2.12 bits per heavy atom. The molecule has 134 valence electrons. The second-order valence-corrected chi connectivity index (χ2v) is 9.98. The fourth-order valence-electron chi connectivity index (χ4n) is 2.22. The normalized spacial score (nSPS) is 23.6. The number of guanidine groups is 1. The van der Waals surface area contributed by atoms with Gasteiger partial charge in [-0.1, -0.05) is 11.6 Å². The molecule has 0 saturated carbocycles. The molecule has 1 aliphatic heterocycles. The fourth-order valence-corrected chi connectivity index (χ4v) is 5.14. The van der Waals surface area contributed by atoms with Gasteiger partial charge in [-0.25, -0.2) is 22.5 Å². The van der Waals surface area contributed by atoms with E-state index < -0.39 is 27.3 Å². The molecule has 2 heterocycles. The summed E-state index contributed by atoms with van der Waals surface area (Å²) < 4.78 is 31.1. The average Bonchev–Trinajstić information content (AvgIpc) is 2.79. The van der Waals surface area contributed by atoms with Crippen LogP contribution in [0.25, 0.3) is 0 Å². The lowest BCUT2D eigenvalue weighted by Crippen LogP contribution is -2.53. The molecule has 1 N–H and O–H groups in total. The highest BCUT2D eigenvalue weighted by molar-refractivity contribution is 7.89. The molecule has 0 saturated heterocycles. The SMILES string of the molecule is CN1C(NC(=O)OC(C)(C)C)=NC(C)(c2sccc2Cl)CS1(=O)=O. The van der Waals surface area contributed by atoms with E-state index in [2.05, 4.69) is 10.3 Å². The lowest BCUT2D eigenvalue weighted by atomic mass is 10.0. The van der Waals surface area contributed by atoms with E-state index in [-0.39, 0.29) is 11.7 Å². The summed E-state index contributed by atoms with van der Waals surface area (Å²) in [4.78, 5) is 17.1. The van der Waals surface area contributed by atoms with Gasteiger partial charge >= 0.3 is 6.09 Å². The van der Waals surface area contributed by atoms with Crippen LogP contribution in [0.3, 0.4) is 0 Å². The van der Waals surface area contributed by atoms with Gasteiger partial charge in [-0.05, 0) is 39.1 Å². The topological polar surface area (TPSA) is 88.1 Å². The summed E-state index contributed by atoms with van der Waals surface area (Å²) in [5.74, 6) is -0.335. The molecule has 0 spiro atoms. The number of rotatable bonds is 1. The molecule has 1 amide bonds. The highest BCUT2D eigenvalue weighted by atomic mass is 35.5. The predicted octanol–water partition coefficient (Wildman–Crippen LogP) is 2.77. The number of thiophene rings is 1. The maximum atomic E-state index is 12.5. The van der Waals surface area contributed by atoms with Crippen molar-refractivity contribution in [1.29, 1.82) is 0 Å². The van der Waals surface area contributed by atoms with Crippen LogP contribution in [-0.2, 0) is 20.3 Å². The molecule has 24 heavy (non-hydrogen) atoms. The molecule has 0 bridgehead atoms. The van der Waals surface area contributed by atoms with Crippen molar-refractivity contribution in [3.05, 3.63) is 21.3 Å². The maximum Gasteiger partial charge on any atom is 0.414 e. The quantitative estimate of drug-likeness (QED) is 0.794. The lowest BCUT2D eigenvalue weighted by molar-refractivity contribution is 0.0559. The zero-order valence-corrected chi connectivity index (χ0v) is 16.5. The van der Waals surface area contributed by atoms with E-state index >= 15 is 0 Å². The van der Waals surface area contributed by atoms with Crippen molar-refractivity contribution in [3.63, 3.8) is 0 Å². The molecule has 0 radical (unpaired) electrons. The maximum absolute atomic E-state index is 12.5. The molecule has 0 aliphatic carbocycles. The molecule has 10 heteroatoms. The van der Waals surface area contributed by atoms with Crippen LogP contribution in [-0.4, -0.2) is 43.2 Å². The molecule has 1 atom stereocenters. The number of nitrogens with zero attached hydrogens (tertiary/aromatic N) is 2. The van der Waals surface area contributed by atoms with Crippen molar-refractivity contribution < 1.29 is 17.9 Å². The number of carbonyl (C=O) groups is 1. The van der Waals surface area contributed by atoms with E-state index in [1.54, 1.807) is 39.1 Å². The van der Waals surface area contributed by atoms with Gasteiger partial charge in [0.15, 0.2) is 0 Å². The van der Waals surface area contributed by atoms with Gasteiger partial charge in [0, 0.05) is 7.05 Å². The number of carbonyl (C=O) groups excluding carboxylic acids is 1. The summed E-state index contributed by atoms with van der Waals surface area (Å²) in [5, 5.41) is 4.63. The minimum Gasteiger partial charge on any atom is -0.444 e. The Morgan fingerprint density at radius 1 is 1.50 bits per heavy atom. The summed E-state index contributed by atoms with van der Waals surface area (Å²) in [6, 6.07) is 1.69. The largest absolute Gasteiger partial charge is 0.444 e. The van der Waals surface area contributed by atoms with E-state index in [1.165, 1.54) is 18.4 Å². The Hall–Kier alpha value is -1.32. The van der Waals surface area contributed by atoms with Gasteiger partial charge in [0.25, 0.3) is 0 Å². The minimum absolute atomic E-state index is 0.0949. The molecule has 0 fully saturated rings. The van der Waals surface area contributed by atoms with Crippen LogP contribution in [0.4, 0.5) is 4.79 Å². The van der Waals surface area contributed by atoms with Gasteiger partial charge in [-0.2, -0.15) is 0 Å². The zero-order chi connectivity index (χ0) is 18.3. The lowest BCUT2D eigenvalue weighted by Gasteiger charge is -2.35. The van der Waals surface area contributed by atoms with Crippen molar-refractivity contribution in [2.24, 2.45) is 4.99 Å². The van der Waals surface area contributed by atoms with Crippen molar-refractivity contribution >= 4 is 45.0 Å². The first-order valence-corrected chi connectivity index (χ1v) is 10.0. The molecule has 2 rings (SSSR count). The minimum atomic E-state index is -3.67. The third-order valence-corrected chi connectivity index (χ3v) is 6.78. The van der Waals surface area contributed by atoms with E-state index in [1.807, 2.05) is 0 Å². The Labute approximate surface area is 150 Å². The molecule has 1 aliphatic rings. The highest BCUT2D eigenvalue weighted by Gasteiger charge is 2.43. The predicted molar refractivity (Wildman–Crippen MR) is 95.0 cm³/mol. The number of halogens is 1. The van der Waals surface area contributed by atoms with Crippen LogP contribution >= 0.6 is 22.9 Å². The summed E-state index contributed by atoms with van der Waals surface area (Å²) in [5.41, 5.74) is -1.79. The van der Waals surface area contributed by atoms with Gasteiger partial charge in [0.1, 0.15) is 11.1 Å². The van der Waals surface area contributed by atoms with Gasteiger partial charge < -0.3 is 4.74 Å². The Kier molecular flexibility index (Phi) is 4.91. The van der Waals surface area contributed by atoms with Gasteiger partial charge in [0.2, 0.25) is 16.0 Å². The third-order valence-electron chi connectivity index (χ3n) is 3.25. The van der Waals surface area contributed by atoms with E-state index in [0.717, 1.165) is 4.31 Å². The van der Waals surface area contributed by atoms with E-state index in [0.29, 0.717) is 9.90 Å². The smallest absolute Gasteiger partial charge is 0.414 e. The van der Waals surface area contributed by atoms with Crippen molar-refractivity contribution in [2.75, 3.05) is 12.8 Å². The molecular formula is C14H20ClN3O4S2. The van der Waals surface area contributed by atoms with Crippen molar-refractivity contribution in [2.45, 2.75) is 38.8 Å². The van der Waals surface area contributed by atoms with Crippen LogP contribution in [0.5, 0.6) is 0 Å². The van der Waals surface area contributed by atoms with Crippen LogP contribution < -0.4 is 5.32 Å². The molecule has 1 aromatic rings. The molecule has 7 nitrogen and oxygen atoms in total. The second kappa shape index (κ2) is 6.20. The van der Waals surface area contributed by atoms with Gasteiger partial charge in [-0.15, -0.1) is 11.3 Å². The van der Waals surface area contributed by atoms with Crippen LogP contribution in [0.15, 0.2) is 16.4 Å². The van der Waals surface area contributed by atoms with E-state index in [9.17, 15) is 13.2 Å². The van der Waals surface area contributed by atoms with Crippen molar-refractivity contribution in [3.8, 4) is 0 Å². The molecular weight excluding hydrogens is 374 g/mol. The third kappa shape index (κ3) is 4.01. The Morgan fingerprint density at radius 3 is 2.62 bits per heavy atom. The number of hydrogen-bond acceptors (Lipinski definition) is 6. The summed E-state index contributed by atoms with van der Waals surface area (Å²) >= 11 is 7.48. The van der Waals surface area contributed by atoms with E-state index in [4.69, 9.17) is 16.3 Å². The molecule has 0 aromatic carbocycles. The summed E-state index contributed by atoms with van der Waals surface area (Å²) in [6.07, 6.45) is -0.773. The zero-order valence-electron chi connectivity index (χ0n) is 14.1. The second-order valence-electron chi connectivity index (χ2n) is 6.66. The number of alkyl carbamates (subject to hydrolysis) is 1. The highest BCUT2D eigenvalue weighted by Crippen LogP contribution is 2.39. The number of aliphatic imine (C=N–C) groups is 1. The monoisotopic (exact) mass is 393 g/mol. The van der Waals surface area contributed by atoms with Crippen LogP contribution in [0, 0.1) is 0 Å². The Bertz CT molecular complexity index is 782.